The van der Waals surface area contributed by atoms with Gasteiger partial charge in [-0.1, -0.05) is 90.6 Å². The summed E-state index contributed by atoms with van der Waals surface area (Å²) < 4.78 is 4.26. The van der Waals surface area contributed by atoms with Crippen molar-refractivity contribution in [3.05, 3.63) is 25.3 Å². The third-order valence-corrected chi connectivity index (χ3v) is 4.69. The van der Waals surface area contributed by atoms with Crippen molar-refractivity contribution >= 4 is 6.20 Å². The zero-order valence-electron chi connectivity index (χ0n) is 15.9. The number of hydrogen-bond acceptors (Lipinski definition) is 0. The standard InChI is InChI=1S/C21H39N2.BrH/c1-3-5-6-7-8-9-10-11-12-13-14-15-16-17-18-23-20-19-22(4-2)21-23;/h4,19-21H,2-3,5-18H2,1H3;1H/q+1;/p-1. The lowest BCUT2D eigenvalue weighted by Gasteiger charge is -2.03. The van der Waals surface area contributed by atoms with Gasteiger partial charge in [-0.2, -0.15) is 0 Å². The van der Waals surface area contributed by atoms with Gasteiger partial charge < -0.3 is 17.0 Å². The fraction of sp³-hybridized carbons (Fsp3) is 0.762. The summed E-state index contributed by atoms with van der Waals surface area (Å²) >= 11 is 0. The fourth-order valence-corrected chi connectivity index (χ4v) is 3.14. The van der Waals surface area contributed by atoms with Crippen molar-refractivity contribution in [1.29, 1.82) is 0 Å². The number of nitrogens with zero attached hydrogens (tertiary/aromatic N) is 2. The van der Waals surface area contributed by atoms with Crippen LogP contribution in [0.3, 0.4) is 0 Å². The molecular weight excluding hydrogens is 360 g/mol. The molecule has 0 aliphatic carbocycles. The van der Waals surface area contributed by atoms with E-state index < -0.39 is 0 Å². The smallest absolute Gasteiger partial charge is 0.248 e. The Balaban J connectivity index is 0.00000529. The second-order valence-electron chi connectivity index (χ2n) is 6.88. The third-order valence-electron chi connectivity index (χ3n) is 4.69. The first-order valence-electron chi connectivity index (χ1n) is 10.1. The maximum atomic E-state index is 3.77. The van der Waals surface area contributed by atoms with E-state index in [1.165, 1.54) is 89.9 Å². The molecule has 0 atom stereocenters. The number of aryl methyl sites for hydroxylation is 1. The summed E-state index contributed by atoms with van der Waals surface area (Å²) in [4.78, 5) is 0. The minimum Gasteiger partial charge on any atom is -1.00 e. The van der Waals surface area contributed by atoms with E-state index >= 15 is 0 Å². The van der Waals surface area contributed by atoms with Crippen molar-refractivity contribution in [2.45, 2.75) is 103 Å². The monoisotopic (exact) mass is 398 g/mol. The van der Waals surface area contributed by atoms with Gasteiger partial charge in [0.25, 0.3) is 0 Å². The van der Waals surface area contributed by atoms with Gasteiger partial charge >= 0.3 is 0 Å². The molecule has 2 nitrogen and oxygen atoms in total. The van der Waals surface area contributed by atoms with Crippen LogP contribution < -0.4 is 21.5 Å². The van der Waals surface area contributed by atoms with E-state index in [4.69, 9.17) is 0 Å². The number of aromatic nitrogens is 2. The summed E-state index contributed by atoms with van der Waals surface area (Å²) in [6, 6.07) is 0. The van der Waals surface area contributed by atoms with Crippen LogP contribution >= 0.6 is 0 Å². The number of hydrogen-bond donors (Lipinski definition) is 0. The van der Waals surface area contributed by atoms with E-state index in [1.807, 2.05) is 10.8 Å². The fourth-order valence-electron chi connectivity index (χ4n) is 3.14. The van der Waals surface area contributed by atoms with Crippen LogP contribution in [-0.2, 0) is 6.54 Å². The molecule has 3 heteroatoms. The largest absolute Gasteiger partial charge is 1.00 e. The van der Waals surface area contributed by atoms with Crippen molar-refractivity contribution < 1.29 is 21.5 Å². The van der Waals surface area contributed by atoms with E-state index in [1.54, 1.807) is 0 Å². The number of imidazole rings is 1. The van der Waals surface area contributed by atoms with Gasteiger partial charge in [-0.25, -0.2) is 9.13 Å². The molecule has 0 saturated carbocycles. The molecule has 0 fully saturated rings. The molecule has 0 radical (unpaired) electrons. The summed E-state index contributed by atoms with van der Waals surface area (Å²) in [6.07, 6.45) is 28.0. The van der Waals surface area contributed by atoms with Gasteiger partial charge in [-0.05, 0) is 12.8 Å². The van der Waals surface area contributed by atoms with Crippen molar-refractivity contribution in [1.82, 2.24) is 4.57 Å². The van der Waals surface area contributed by atoms with Crippen molar-refractivity contribution in [3.63, 3.8) is 0 Å². The van der Waals surface area contributed by atoms with Crippen molar-refractivity contribution in [2.75, 3.05) is 0 Å². The average molecular weight is 399 g/mol. The van der Waals surface area contributed by atoms with E-state index in [0.717, 1.165) is 6.54 Å². The van der Waals surface area contributed by atoms with Crippen LogP contribution in [0.1, 0.15) is 96.8 Å². The summed E-state index contributed by atoms with van der Waals surface area (Å²) in [5, 5.41) is 0. The Labute approximate surface area is 161 Å². The maximum Gasteiger partial charge on any atom is 0.248 e. The van der Waals surface area contributed by atoms with Crippen LogP contribution in [0, 0.1) is 0 Å². The molecule has 0 spiro atoms. The molecule has 0 aromatic carbocycles. The first-order valence-corrected chi connectivity index (χ1v) is 10.1. The highest BCUT2D eigenvalue weighted by atomic mass is 79.9. The highest BCUT2D eigenvalue weighted by Gasteiger charge is 2.00. The number of unbranched alkanes of at least 4 members (excludes halogenated alkanes) is 13. The molecule has 1 aromatic heterocycles. The quantitative estimate of drug-likeness (QED) is 0.298. The average Bonchev–Trinajstić information content (AvgIpc) is 3.03. The van der Waals surface area contributed by atoms with Gasteiger partial charge in [-0.3, -0.25) is 0 Å². The zero-order valence-corrected chi connectivity index (χ0v) is 17.5. The van der Waals surface area contributed by atoms with Crippen LogP contribution in [0.5, 0.6) is 0 Å². The molecule has 140 valence electrons. The van der Waals surface area contributed by atoms with Gasteiger partial charge in [0, 0.05) is 0 Å². The van der Waals surface area contributed by atoms with Gasteiger partial charge in [0.15, 0.2) is 0 Å². The predicted octanol–water partition coefficient (Wildman–Crippen LogP) is 3.36. The maximum absolute atomic E-state index is 3.77. The minimum absolute atomic E-state index is 0. The molecule has 0 aliphatic rings. The highest BCUT2D eigenvalue weighted by Crippen LogP contribution is 2.13. The second kappa shape index (κ2) is 17.3. The molecule has 1 heterocycles. The van der Waals surface area contributed by atoms with Gasteiger partial charge in [0.05, 0.1) is 12.7 Å². The lowest BCUT2D eigenvalue weighted by molar-refractivity contribution is -0.567. The molecule has 0 amide bonds. The van der Waals surface area contributed by atoms with Crippen LogP contribution in [0.2, 0.25) is 0 Å². The normalized spacial score (nSPS) is 10.5. The molecular formula is C21H39BrN2. The first kappa shape index (κ1) is 23.4. The van der Waals surface area contributed by atoms with E-state index in [-0.39, 0.29) is 17.0 Å². The predicted molar refractivity (Wildman–Crippen MR) is 101 cm³/mol. The van der Waals surface area contributed by atoms with Crippen molar-refractivity contribution in [3.8, 4) is 0 Å². The minimum atomic E-state index is 0. The summed E-state index contributed by atoms with van der Waals surface area (Å²) in [6.45, 7) is 7.19. The molecule has 0 bridgehead atoms. The molecule has 24 heavy (non-hydrogen) atoms. The Hall–Kier alpha value is -0.570. The Bertz CT molecular complexity index is 387. The zero-order chi connectivity index (χ0) is 16.6. The molecule has 0 saturated heterocycles. The van der Waals surface area contributed by atoms with Crippen LogP contribution in [0.15, 0.2) is 25.3 Å². The van der Waals surface area contributed by atoms with Gasteiger partial charge in [0.1, 0.15) is 12.4 Å². The van der Waals surface area contributed by atoms with Gasteiger partial charge in [-0.15, -0.1) is 0 Å². The molecule has 0 aliphatic heterocycles. The lowest BCUT2D eigenvalue weighted by atomic mass is 10.0. The number of halogens is 1. The van der Waals surface area contributed by atoms with Crippen LogP contribution in [0.4, 0.5) is 0 Å². The van der Waals surface area contributed by atoms with E-state index in [0.29, 0.717) is 0 Å². The summed E-state index contributed by atoms with van der Waals surface area (Å²) in [7, 11) is 0. The lowest BCUT2D eigenvalue weighted by Crippen LogP contribution is -3.00. The Morgan fingerprint density at radius 1 is 0.792 bits per heavy atom. The SMILES string of the molecule is C=C[n+]1ccn(CCCCCCCCCCCCCCCC)c1.[Br-]. The van der Waals surface area contributed by atoms with Crippen LogP contribution in [0.25, 0.3) is 6.20 Å². The van der Waals surface area contributed by atoms with E-state index in [9.17, 15) is 0 Å². The third kappa shape index (κ3) is 12.8. The Morgan fingerprint density at radius 2 is 1.25 bits per heavy atom. The van der Waals surface area contributed by atoms with Crippen molar-refractivity contribution in [2.24, 2.45) is 0 Å². The van der Waals surface area contributed by atoms with Gasteiger partial charge in [0.2, 0.25) is 6.33 Å². The molecule has 0 unspecified atom stereocenters. The Morgan fingerprint density at radius 3 is 1.67 bits per heavy atom. The first-order chi connectivity index (χ1) is 11.4. The number of rotatable bonds is 16. The molecule has 0 N–H and O–H groups in total. The topological polar surface area (TPSA) is 8.81 Å². The summed E-state index contributed by atoms with van der Waals surface area (Å²) in [5.41, 5.74) is 0. The Kier molecular flexibility index (Phi) is 16.8. The second-order valence-corrected chi connectivity index (χ2v) is 6.88. The highest BCUT2D eigenvalue weighted by molar-refractivity contribution is 4.94. The summed E-state index contributed by atoms with van der Waals surface area (Å²) in [5.74, 6) is 0. The van der Waals surface area contributed by atoms with Crippen LogP contribution in [-0.4, -0.2) is 4.57 Å². The molecule has 1 rings (SSSR count). The van der Waals surface area contributed by atoms with E-state index in [2.05, 4.69) is 36.8 Å². The molecule has 1 aromatic rings.